The zero-order valence-electron chi connectivity index (χ0n) is 8.42. The van der Waals surface area contributed by atoms with Crippen molar-refractivity contribution in [2.45, 2.75) is 26.3 Å². The highest BCUT2D eigenvalue weighted by molar-refractivity contribution is 6.16. The molecule has 2 nitrogen and oxygen atoms in total. The topological polar surface area (TPSA) is 17.8 Å². The molecule has 1 aromatic carbocycles. The van der Waals surface area contributed by atoms with Gasteiger partial charge in [-0.1, -0.05) is 12.1 Å². The van der Waals surface area contributed by atoms with Crippen molar-refractivity contribution in [2.75, 3.05) is 0 Å². The molecule has 0 saturated heterocycles. The van der Waals surface area contributed by atoms with Gasteiger partial charge in [-0.3, -0.25) is 0 Å². The Bertz CT molecular complexity index is 460. The first-order valence-corrected chi connectivity index (χ1v) is 5.32. The minimum atomic E-state index is 0.474. The van der Waals surface area contributed by atoms with Gasteiger partial charge < -0.3 is 4.57 Å². The lowest BCUT2D eigenvalue weighted by molar-refractivity contribution is 0.745. The average Bonchev–Trinajstić information content (AvgIpc) is 2.56. The van der Waals surface area contributed by atoms with E-state index in [0.717, 1.165) is 17.9 Å². The quantitative estimate of drug-likeness (QED) is 0.694. The molecular weight excluding hydrogens is 196 g/mol. The number of rotatable bonds is 2. The number of benzene rings is 1. The number of hydrogen-bond acceptors (Lipinski definition) is 1. The Hall–Kier alpha value is -1.02. The van der Waals surface area contributed by atoms with E-state index in [1.165, 1.54) is 11.1 Å². The van der Waals surface area contributed by atoms with Crippen LogP contribution < -0.4 is 0 Å². The van der Waals surface area contributed by atoms with Crippen molar-refractivity contribution in [3.63, 3.8) is 0 Å². The second kappa shape index (κ2) is 3.62. The van der Waals surface area contributed by atoms with Gasteiger partial charge in [0.25, 0.3) is 0 Å². The summed E-state index contributed by atoms with van der Waals surface area (Å²) < 4.78 is 2.18. The summed E-state index contributed by atoms with van der Waals surface area (Å²) in [7, 11) is 0. The molecule has 0 spiro atoms. The summed E-state index contributed by atoms with van der Waals surface area (Å²) in [6.07, 6.45) is 0. The van der Waals surface area contributed by atoms with Crippen LogP contribution >= 0.6 is 11.6 Å². The first kappa shape index (κ1) is 9.53. The fraction of sp³-hybridized carbons (Fsp3) is 0.364. The normalized spacial score (nSPS) is 11.1. The molecule has 0 aliphatic heterocycles. The Labute approximate surface area is 88.5 Å². The summed E-state index contributed by atoms with van der Waals surface area (Å²) >= 11 is 5.85. The van der Waals surface area contributed by atoms with Gasteiger partial charge in [-0.2, -0.15) is 0 Å². The molecule has 1 aromatic heterocycles. The summed E-state index contributed by atoms with van der Waals surface area (Å²) in [5, 5.41) is 0. The van der Waals surface area contributed by atoms with Gasteiger partial charge in [0, 0.05) is 6.54 Å². The number of imidazole rings is 1. The molecule has 3 heteroatoms. The molecule has 0 atom stereocenters. The van der Waals surface area contributed by atoms with Crippen molar-refractivity contribution >= 4 is 22.6 Å². The minimum Gasteiger partial charge on any atom is -0.327 e. The number of fused-ring (bicyclic) bond motifs is 1. The summed E-state index contributed by atoms with van der Waals surface area (Å²) in [4.78, 5) is 4.49. The van der Waals surface area contributed by atoms with Gasteiger partial charge in [0.2, 0.25) is 0 Å². The van der Waals surface area contributed by atoms with Crippen LogP contribution in [0.2, 0.25) is 0 Å². The maximum Gasteiger partial charge on any atom is 0.124 e. The van der Waals surface area contributed by atoms with Crippen LogP contribution in [0.15, 0.2) is 18.2 Å². The molecule has 2 aromatic rings. The first-order chi connectivity index (χ1) is 6.77. The molecule has 0 bridgehead atoms. The second-order valence-corrected chi connectivity index (χ2v) is 3.62. The van der Waals surface area contributed by atoms with Crippen molar-refractivity contribution in [2.24, 2.45) is 0 Å². The monoisotopic (exact) mass is 208 g/mol. The molecule has 1 heterocycles. The van der Waals surface area contributed by atoms with E-state index in [1.54, 1.807) is 0 Å². The van der Waals surface area contributed by atoms with E-state index in [0.29, 0.717) is 5.88 Å². The lowest BCUT2D eigenvalue weighted by Crippen LogP contribution is -1.99. The Morgan fingerprint density at radius 1 is 1.43 bits per heavy atom. The number of halogens is 1. The van der Waals surface area contributed by atoms with Crippen molar-refractivity contribution < 1.29 is 0 Å². The van der Waals surface area contributed by atoms with Crippen LogP contribution in [0.1, 0.15) is 18.3 Å². The molecule has 0 amide bonds. The second-order valence-electron chi connectivity index (χ2n) is 3.35. The Morgan fingerprint density at radius 3 is 2.86 bits per heavy atom. The molecule has 0 N–H and O–H groups in total. The molecular formula is C11H13ClN2. The number of aryl methyl sites for hydroxylation is 2. The summed E-state index contributed by atoms with van der Waals surface area (Å²) in [5.41, 5.74) is 3.52. The van der Waals surface area contributed by atoms with Crippen LogP contribution in [-0.4, -0.2) is 9.55 Å². The third-order valence-electron chi connectivity index (χ3n) is 2.48. The molecule has 0 radical (unpaired) electrons. The maximum absolute atomic E-state index is 5.85. The smallest absolute Gasteiger partial charge is 0.124 e. The van der Waals surface area contributed by atoms with Crippen molar-refractivity contribution in [3.8, 4) is 0 Å². The third-order valence-corrected chi connectivity index (χ3v) is 2.72. The Kier molecular flexibility index (Phi) is 2.46. The van der Waals surface area contributed by atoms with E-state index in [4.69, 9.17) is 11.6 Å². The zero-order chi connectivity index (χ0) is 10.1. The summed E-state index contributed by atoms with van der Waals surface area (Å²) in [5.74, 6) is 1.43. The van der Waals surface area contributed by atoms with E-state index in [9.17, 15) is 0 Å². The van der Waals surface area contributed by atoms with Crippen molar-refractivity contribution in [1.29, 1.82) is 0 Å². The predicted molar refractivity (Wildman–Crippen MR) is 59.7 cm³/mol. The standard InChI is InChI=1S/C11H13ClN2/c1-3-14-10(7-12)13-9-6-4-5-8(2)11(9)14/h4-6H,3,7H2,1-2H3. The van der Waals surface area contributed by atoms with E-state index >= 15 is 0 Å². The molecule has 0 fully saturated rings. The van der Waals surface area contributed by atoms with Gasteiger partial charge >= 0.3 is 0 Å². The molecule has 0 saturated carbocycles. The highest BCUT2D eigenvalue weighted by Crippen LogP contribution is 2.20. The van der Waals surface area contributed by atoms with Crippen LogP contribution in [0.5, 0.6) is 0 Å². The van der Waals surface area contributed by atoms with Gasteiger partial charge in [0.1, 0.15) is 5.82 Å². The van der Waals surface area contributed by atoms with Crippen LogP contribution in [0.3, 0.4) is 0 Å². The zero-order valence-corrected chi connectivity index (χ0v) is 9.17. The van der Waals surface area contributed by atoms with Crippen LogP contribution in [-0.2, 0) is 12.4 Å². The number of aromatic nitrogens is 2. The van der Waals surface area contributed by atoms with Gasteiger partial charge in [-0.05, 0) is 25.5 Å². The third kappa shape index (κ3) is 1.30. The van der Waals surface area contributed by atoms with E-state index in [-0.39, 0.29) is 0 Å². The van der Waals surface area contributed by atoms with Crippen LogP contribution in [0, 0.1) is 6.92 Å². The Balaban J connectivity index is 2.81. The predicted octanol–water partition coefficient (Wildman–Crippen LogP) is 3.10. The molecule has 0 aliphatic rings. The van der Waals surface area contributed by atoms with E-state index in [1.807, 2.05) is 12.1 Å². The van der Waals surface area contributed by atoms with Gasteiger partial charge in [-0.15, -0.1) is 11.6 Å². The van der Waals surface area contributed by atoms with Gasteiger partial charge in [-0.25, -0.2) is 4.98 Å². The summed E-state index contributed by atoms with van der Waals surface area (Å²) in [6.45, 7) is 5.14. The van der Waals surface area contributed by atoms with Gasteiger partial charge in [0.05, 0.1) is 16.9 Å². The van der Waals surface area contributed by atoms with E-state index < -0.39 is 0 Å². The number of hydrogen-bond donors (Lipinski definition) is 0. The molecule has 0 aliphatic carbocycles. The highest BCUT2D eigenvalue weighted by Gasteiger charge is 2.09. The van der Waals surface area contributed by atoms with Crippen molar-refractivity contribution in [3.05, 3.63) is 29.6 Å². The van der Waals surface area contributed by atoms with Crippen LogP contribution in [0.4, 0.5) is 0 Å². The molecule has 2 rings (SSSR count). The average molecular weight is 209 g/mol. The Morgan fingerprint density at radius 2 is 2.21 bits per heavy atom. The van der Waals surface area contributed by atoms with Crippen molar-refractivity contribution in [1.82, 2.24) is 9.55 Å². The molecule has 14 heavy (non-hydrogen) atoms. The molecule has 0 unspecified atom stereocenters. The van der Waals surface area contributed by atoms with Gasteiger partial charge in [0.15, 0.2) is 0 Å². The minimum absolute atomic E-state index is 0.474. The highest BCUT2D eigenvalue weighted by atomic mass is 35.5. The summed E-state index contributed by atoms with van der Waals surface area (Å²) in [6, 6.07) is 6.17. The fourth-order valence-corrected chi connectivity index (χ4v) is 2.06. The maximum atomic E-state index is 5.85. The lowest BCUT2D eigenvalue weighted by atomic mass is 10.2. The number of para-hydroxylation sites is 1. The first-order valence-electron chi connectivity index (χ1n) is 4.78. The largest absolute Gasteiger partial charge is 0.327 e. The number of alkyl halides is 1. The molecule has 74 valence electrons. The van der Waals surface area contributed by atoms with E-state index in [2.05, 4.69) is 29.5 Å². The number of nitrogens with zero attached hydrogens (tertiary/aromatic N) is 2. The SMILES string of the molecule is CCn1c(CCl)nc2cccc(C)c21. The lowest BCUT2D eigenvalue weighted by Gasteiger charge is -2.04. The fourth-order valence-electron chi connectivity index (χ4n) is 1.86. The van der Waals surface area contributed by atoms with Crippen LogP contribution in [0.25, 0.3) is 11.0 Å².